The van der Waals surface area contributed by atoms with Crippen molar-refractivity contribution in [3.05, 3.63) is 47.5 Å². The van der Waals surface area contributed by atoms with Crippen molar-refractivity contribution in [2.45, 2.75) is 25.8 Å². The third kappa shape index (κ3) is 6.65. The molecule has 0 saturated carbocycles. The van der Waals surface area contributed by atoms with Gasteiger partial charge in [0.2, 0.25) is 0 Å². The zero-order valence-electron chi connectivity index (χ0n) is 16.4. The molecular weight excluding hydrogens is 344 g/mol. The maximum atomic E-state index is 9.75. The second-order valence-electron chi connectivity index (χ2n) is 6.33. The van der Waals surface area contributed by atoms with Crippen LogP contribution in [-0.4, -0.2) is 59.2 Å². The van der Waals surface area contributed by atoms with Crippen LogP contribution < -0.4 is 10.6 Å². The smallest absolute Gasteiger partial charge is 0.191 e. The molecule has 0 amide bonds. The van der Waals surface area contributed by atoms with Crippen LogP contribution in [-0.2, 0) is 18.3 Å². The molecule has 1 heterocycles. The van der Waals surface area contributed by atoms with E-state index in [0.29, 0.717) is 25.7 Å². The van der Waals surface area contributed by atoms with Crippen LogP contribution in [0.2, 0.25) is 0 Å². The Hall–Kier alpha value is -2.45. The molecule has 0 bridgehead atoms. The summed E-state index contributed by atoms with van der Waals surface area (Å²) in [6.45, 7) is 4.41. The fourth-order valence-electron chi connectivity index (χ4n) is 2.57. The van der Waals surface area contributed by atoms with E-state index in [0.717, 1.165) is 30.2 Å². The molecule has 2 rings (SSSR count). The topological polar surface area (TPSA) is 96.6 Å². The summed E-state index contributed by atoms with van der Waals surface area (Å²) < 4.78 is 7.01. The second kappa shape index (κ2) is 11.3. The summed E-state index contributed by atoms with van der Waals surface area (Å²) in [4.78, 5) is 4.61. The Bertz CT molecular complexity index is 701. The van der Waals surface area contributed by atoms with Gasteiger partial charge in [-0.15, -0.1) is 10.2 Å². The van der Waals surface area contributed by atoms with Crippen molar-refractivity contribution < 1.29 is 9.84 Å². The van der Waals surface area contributed by atoms with Gasteiger partial charge in [0.1, 0.15) is 12.4 Å². The monoisotopic (exact) mass is 374 g/mol. The quantitative estimate of drug-likeness (QED) is 0.326. The van der Waals surface area contributed by atoms with Crippen molar-refractivity contribution in [1.82, 2.24) is 25.4 Å². The normalized spacial score (nSPS) is 12.8. The fourth-order valence-corrected chi connectivity index (χ4v) is 2.57. The number of guanidine groups is 1. The minimum Gasteiger partial charge on any atom is -0.396 e. The minimum absolute atomic E-state index is 0.00533. The van der Waals surface area contributed by atoms with E-state index in [2.05, 4.69) is 25.8 Å². The molecule has 3 N–H and O–H groups in total. The summed E-state index contributed by atoms with van der Waals surface area (Å²) in [7, 11) is 3.62. The Morgan fingerprint density at radius 1 is 1.26 bits per heavy atom. The molecule has 1 atom stereocenters. The average molecular weight is 374 g/mol. The van der Waals surface area contributed by atoms with Gasteiger partial charge >= 0.3 is 0 Å². The number of aliphatic hydroxyl groups is 1. The predicted molar refractivity (Wildman–Crippen MR) is 106 cm³/mol. The van der Waals surface area contributed by atoms with E-state index in [1.54, 1.807) is 7.11 Å². The molecular formula is C19H30N6O2. The van der Waals surface area contributed by atoms with Crippen LogP contribution >= 0.6 is 0 Å². The van der Waals surface area contributed by atoms with Crippen LogP contribution in [0, 0.1) is 6.92 Å². The van der Waals surface area contributed by atoms with E-state index in [-0.39, 0.29) is 12.5 Å². The first kappa shape index (κ1) is 20.9. The van der Waals surface area contributed by atoms with Gasteiger partial charge in [-0.25, -0.2) is 4.99 Å². The molecule has 0 saturated heterocycles. The van der Waals surface area contributed by atoms with Crippen molar-refractivity contribution in [2.75, 3.05) is 33.4 Å². The SMILES string of the molecule is COCCCNC(=NCc1nnc(C)n1C)NCC(CO)c1ccccc1. The predicted octanol–water partition coefficient (Wildman–Crippen LogP) is 0.971. The molecule has 1 aromatic carbocycles. The first-order chi connectivity index (χ1) is 13.2. The van der Waals surface area contributed by atoms with Crippen molar-refractivity contribution in [3.8, 4) is 0 Å². The summed E-state index contributed by atoms with van der Waals surface area (Å²) in [5, 5.41) is 24.6. The van der Waals surface area contributed by atoms with Crippen molar-refractivity contribution in [1.29, 1.82) is 0 Å². The number of aliphatic imine (C=N–C) groups is 1. The second-order valence-corrected chi connectivity index (χ2v) is 6.33. The van der Waals surface area contributed by atoms with Gasteiger partial charge in [0.05, 0.1) is 6.61 Å². The van der Waals surface area contributed by atoms with E-state index in [4.69, 9.17) is 4.74 Å². The Labute approximate surface area is 160 Å². The van der Waals surface area contributed by atoms with Crippen LogP contribution in [0.3, 0.4) is 0 Å². The third-order valence-electron chi connectivity index (χ3n) is 4.39. The fraction of sp³-hybridized carbons (Fsp3) is 0.526. The van der Waals surface area contributed by atoms with E-state index >= 15 is 0 Å². The van der Waals surface area contributed by atoms with Crippen molar-refractivity contribution in [3.63, 3.8) is 0 Å². The number of hydrogen-bond acceptors (Lipinski definition) is 5. The van der Waals surface area contributed by atoms with E-state index in [1.165, 1.54) is 0 Å². The highest BCUT2D eigenvalue weighted by Crippen LogP contribution is 2.13. The molecule has 27 heavy (non-hydrogen) atoms. The molecule has 148 valence electrons. The number of nitrogens with zero attached hydrogens (tertiary/aromatic N) is 4. The maximum absolute atomic E-state index is 9.75. The third-order valence-corrected chi connectivity index (χ3v) is 4.39. The molecule has 1 unspecified atom stereocenters. The number of nitrogens with one attached hydrogen (secondary N) is 2. The Kier molecular flexibility index (Phi) is 8.73. The van der Waals surface area contributed by atoms with E-state index in [1.807, 2.05) is 48.9 Å². The number of rotatable bonds is 10. The standard InChI is InChI=1S/C19H30N6O2/c1-15-23-24-18(25(15)2)13-22-19(20-10-7-11-27-3)21-12-17(14-26)16-8-5-4-6-9-16/h4-6,8-9,17,26H,7,10-14H2,1-3H3,(H2,20,21,22). The Morgan fingerprint density at radius 3 is 2.67 bits per heavy atom. The van der Waals surface area contributed by atoms with Gasteiger partial charge in [-0.05, 0) is 18.9 Å². The Morgan fingerprint density at radius 2 is 2.04 bits per heavy atom. The van der Waals surface area contributed by atoms with Crippen LogP contribution in [0.15, 0.2) is 35.3 Å². The first-order valence-corrected chi connectivity index (χ1v) is 9.17. The maximum Gasteiger partial charge on any atom is 0.191 e. The zero-order valence-corrected chi connectivity index (χ0v) is 16.4. The van der Waals surface area contributed by atoms with Crippen molar-refractivity contribution in [2.24, 2.45) is 12.0 Å². The van der Waals surface area contributed by atoms with Gasteiger partial charge in [-0.3, -0.25) is 0 Å². The highest BCUT2D eigenvalue weighted by Gasteiger charge is 2.11. The minimum atomic E-state index is -0.00533. The van der Waals surface area contributed by atoms with Gasteiger partial charge in [-0.1, -0.05) is 30.3 Å². The molecule has 1 aromatic heterocycles. The number of aromatic nitrogens is 3. The lowest BCUT2D eigenvalue weighted by molar-refractivity contribution is 0.195. The highest BCUT2D eigenvalue weighted by molar-refractivity contribution is 5.79. The summed E-state index contributed by atoms with van der Waals surface area (Å²) >= 11 is 0. The van der Waals surface area contributed by atoms with Gasteiger partial charge in [0.25, 0.3) is 0 Å². The number of aryl methyl sites for hydroxylation is 1. The lowest BCUT2D eigenvalue weighted by Gasteiger charge is -2.18. The number of ether oxygens (including phenoxy) is 1. The van der Waals surface area contributed by atoms with Crippen molar-refractivity contribution >= 4 is 5.96 Å². The summed E-state index contributed by atoms with van der Waals surface area (Å²) in [5.41, 5.74) is 1.09. The van der Waals surface area contributed by atoms with Crippen LogP contribution in [0.25, 0.3) is 0 Å². The number of hydrogen-bond donors (Lipinski definition) is 3. The number of aliphatic hydroxyl groups excluding tert-OH is 1. The highest BCUT2D eigenvalue weighted by atomic mass is 16.5. The average Bonchev–Trinajstić information content (AvgIpc) is 3.02. The van der Waals surface area contributed by atoms with E-state index < -0.39 is 0 Å². The first-order valence-electron chi connectivity index (χ1n) is 9.17. The van der Waals surface area contributed by atoms with Crippen LogP contribution in [0.4, 0.5) is 0 Å². The molecule has 0 radical (unpaired) electrons. The van der Waals surface area contributed by atoms with Gasteiger partial charge < -0.3 is 25.0 Å². The Balaban J connectivity index is 2.00. The van der Waals surface area contributed by atoms with Crippen LogP contribution in [0.1, 0.15) is 29.6 Å². The molecule has 0 aliphatic rings. The summed E-state index contributed by atoms with van der Waals surface area (Å²) in [6, 6.07) is 9.97. The molecule has 0 spiro atoms. The van der Waals surface area contributed by atoms with Gasteiger partial charge in [0.15, 0.2) is 11.8 Å². The summed E-state index contributed by atoms with van der Waals surface area (Å²) in [6.07, 6.45) is 0.877. The van der Waals surface area contributed by atoms with E-state index in [9.17, 15) is 5.11 Å². The number of methoxy groups -OCH3 is 1. The van der Waals surface area contributed by atoms with Gasteiger partial charge in [0, 0.05) is 39.8 Å². The lowest BCUT2D eigenvalue weighted by Crippen LogP contribution is -2.40. The molecule has 0 aliphatic heterocycles. The lowest BCUT2D eigenvalue weighted by atomic mass is 10.0. The molecule has 8 nitrogen and oxygen atoms in total. The molecule has 2 aromatic rings. The molecule has 0 aliphatic carbocycles. The zero-order chi connectivity index (χ0) is 19.5. The van der Waals surface area contributed by atoms with Gasteiger partial charge in [-0.2, -0.15) is 0 Å². The molecule has 0 fully saturated rings. The molecule has 8 heteroatoms. The van der Waals surface area contributed by atoms with Crippen LogP contribution in [0.5, 0.6) is 0 Å². The summed E-state index contributed by atoms with van der Waals surface area (Å²) in [5.74, 6) is 2.33. The number of benzene rings is 1. The largest absolute Gasteiger partial charge is 0.396 e.